The fourth-order valence-electron chi connectivity index (χ4n) is 4.05. The number of rotatable bonds is 8. The molecule has 0 radical (unpaired) electrons. The molecule has 1 N–H and O–H groups in total. The Balaban J connectivity index is 1.33. The highest BCUT2D eigenvalue weighted by molar-refractivity contribution is 6.43. The second-order valence-electron chi connectivity index (χ2n) is 7.79. The van der Waals surface area contributed by atoms with Gasteiger partial charge in [0.25, 0.3) is 5.91 Å². The smallest absolute Gasteiger partial charge is 0.260 e. The van der Waals surface area contributed by atoms with Crippen LogP contribution in [0.1, 0.15) is 26.2 Å². The van der Waals surface area contributed by atoms with Gasteiger partial charge in [-0.2, -0.15) is 0 Å². The van der Waals surface area contributed by atoms with Crippen LogP contribution in [-0.4, -0.2) is 74.8 Å². The molecule has 0 bridgehead atoms. The van der Waals surface area contributed by atoms with E-state index in [4.69, 9.17) is 27.9 Å². The van der Waals surface area contributed by atoms with Crippen LogP contribution in [0.3, 0.4) is 0 Å². The van der Waals surface area contributed by atoms with Gasteiger partial charge in [-0.25, -0.2) is 5.01 Å². The first-order valence-electron chi connectivity index (χ1n) is 10.6. The molecule has 2 aliphatic rings. The lowest BCUT2D eigenvalue weighted by Crippen LogP contribution is -2.49. The number of anilines is 1. The first kappa shape index (κ1) is 22.6. The minimum atomic E-state index is -0.0528. The van der Waals surface area contributed by atoms with Crippen molar-refractivity contribution in [3.05, 3.63) is 28.2 Å². The Labute approximate surface area is 184 Å². The van der Waals surface area contributed by atoms with Gasteiger partial charge in [0, 0.05) is 45.9 Å². The van der Waals surface area contributed by atoms with E-state index in [1.807, 2.05) is 30.1 Å². The SMILES string of the molecule is CCOCC(=O)NN1CCC(CCN2CCN(c3cccc(Cl)c3Cl)CC2)CC1. The number of nitrogens with zero attached hydrogens (tertiary/aromatic N) is 3. The molecule has 0 spiro atoms. The molecule has 2 aliphatic heterocycles. The first-order valence-corrected chi connectivity index (χ1v) is 11.4. The number of benzene rings is 1. The molecule has 2 heterocycles. The van der Waals surface area contributed by atoms with Crippen LogP contribution in [0.5, 0.6) is 0 Å². The summed E-state index contributed by atoms with van der Waals surface area (Å²) >= 11 is 12.5. The van der Waals surface area contributed by atoms with Gasteiger partial charge in [0.15, 0.2) is 0 Å². The van der Waals surface area contributed by atoms with E-state index in [0.717, 1.165) is 70.3 Å². The lowest BCUT2D eigenvalue weighted by molar-refractivity contribution is -0.131. The second kappa shape index (κ2) is 11.4. The fourth-order valence-corrected chi connectivity index (χ4v) is 4.47. The van der Waals surface area contributed by atoms with Gasteiger partial charge in [-0.15, -0.1) is 0 Å². The molecule has 162 valence electrons. The second-order valence-corrected chi connectivity index (χ2v) is 8.58. The molecule has 0 aromatic heterocycles. The molecule has 0 atom stereocenters. The summed E-state index contributed by atoms with van der Waals surface area (Å²) in [6.07, 6.45) is 3.48. The van der Waals surface area contributed by atoms with Crippen LogP contribution in [0.4, 0.5) is 5.69 Å². The number of hydrazine groups is 1. The summed E-state index contributed by atoms with van der Waals surface area (Å²) in [6, 6.07) is 5.84. The Kier molecular flexibility index (Phi) is 8.87. The number of amides is 1. The van der Waals surface area contributed by atoms with Crippen molar-refractivity contribution in [3.63, 3.8) is 0 Å². The summed E-state index contributed by atoms with van der Waals surface area (Å²) in [4.78, 5) is 16.6. The van der Waals surface area contributed by atoms with E-state index < -0.39 is 0 Å². The third-order valence-corrected chi connectivity index (χ3v) is 6.64. The summed E-state index contributed by atoms with van der Waals surface area (Å²) in [7, 11) is 0. The number of nitrogens with one attached hydrogen (secondary N) is 1. The molecule has 6 nitrogen and oxygen atoms in total. The van der Waals surface area contributed by atoms with Gasteiger partial charge in [-0.1, -0.05) is 29.3 Å². The average molecular weight is 443 g/mol. The van der Waals surface area contributed by atoms with E-state index in [2.05, 4.69) is 15.2 Å². The summed E-state index contributed by atoms with van der Waals surface area (Å²) in [5.41, 5.74) is 3.98. The van der Waals surface area contributed by atoms with Crippen LogP contribution in [0.2, 0.25) is 10.0 Å². The van der Waals surface area contributed by atoms with Gasteiger partial charge >= 0.3 is 0 Å². The summed E-state index contributed by atoms with van der Waals surface area (Å²) in [5, 5.41) is 3.31. The molecule has 2 fully saturated rings. The van der Waals surface area contributed by atoms with Crippen LogP contribution in [0, 0.1) is 5.92 Å². The van der Waals surface area contributed by atoms with E-state index >= 15 is 0 Å². The predicted molar refractivity (Wildman–Crippen MR) is 119 cm³/mol. The van der Waals surface area contributed by atoms with Crippen LogP contribution in [0.15, 0.2) is 18.2 Å². The number of hydrogen-bond donors (Lipinski definition) is 1. The van der Waals surface area contributed by atoms with Crippen LogP contribution >= 0.6 is 23.2 Å². The normalized spacial score (nSPS) is 19.5. The Bertz CT molecular complexity index is 660. The largest absolute Gasteiger partial charge is 0.372 e. The van der Waals surface area contributed by atoms with E-state index in [1.165, 1.54) is 6.42 Å². The van der Waals surface area contributed by atoms with Gasteiger partial charge in [0.2, 0.25) is 0 Å². The number of piperazine rings is 1. The maximum Gasteiger partial charge on any atom is 0.260 e. The van der Waals surface area contributed by atoms with Crippen molar-refractivity contribution in [1.29, 1.82) is 0 Å². The molecule has 3 rings (SSSR count). The molecule has 0 unspecified atom stereocenters. The number of carbonyl (C=O) groups is 1. The average Bonchev–Trinajstić information content (AvgIpc) is 2.74. The number of ether oxygens (including phenoxy) is 1. The minimum Gasteiger partial charge on any atom is -0.372 e. The van der Waals surface area contributed by atoms with Crippen LogP contribution in [-0.2, 0) is 9.53 Å². The molecular weight excluding hydrogens is 411 g/mol. The first-order chi connectivity index (χ1) is 14.1. The zero-order valence-corrected chi connectivity index (χ0v) is 18.7. The monoisotopic (exact) mass is 442 g/mol. The van der Waals surface area contributed by atoms with Crippen molar-refractivity contribution in [2.45, 2.75) is 26.2 Å². The third-order valence-electron chi connectivity index (χ3n) is 5.83. The molecule has 1 aromatic rings. The summed E-state index contributed by atoms with van der Waals surface area (Å²) in [6.45, 7) is 9.63. The number of carbonyl (C=O) groups excluding carboxylic acids is 1. The lowest BCUT2D eigenvalue weighted by Gasteiger charge is -2.38. The van der Waals surface area contributed by atoms with Crippen molar-refractivity contribution in [3.8, 4) is 0 Å². The van der Waals surface area contributed by atoms with Crippen LogP contribution in [0.25, 0.3) is 0 Å². The number of halogens is 2. The minimum absolute atomic E-state index is 0.0528. The topological polar surface area (TPSA) is 48.1 Å². The molecule has 0 aliphatic carbocycles. The highest BCUT2D eigenvalue weighted by Crippen LogP contribution is 2.33. The summed E-state index contributed by atoms with van der Waals surface area (Å²) < 4.78 is 5.15. The Morgan fingerprint density at radius 1 is 1.14 bits per heavy atom. The van der Waals surface area contributed by atoms with Gasteiger partial charge in [0.1, 0.15) is 6.61 Å². The molecule has 29 heavy (non-hydrogen) atoms. The molecule has 2 saturated heterocycles. The highest BCUT2D eigenvalue weighted by Gasteiger charge is 2.23. The maximum atomic E-state index is 11.7. The van der Waals surface area contributed by atoms with E-state index in [1.54, 1.807) is 0 Å². The molecule has 8 heteroatoms. The molecule has 1 amide bonds. The zero-order chi connectivity index (χ0) is 20.6. The molecular formula is C21H32Cl2N4O2. The Morgan fingerprint density at radius 3 is 2.55 bits per heavy atom. The molecule has 0 saturated carbocycles. The van der Waals surface area contributed by atoms with Gasteiger partial charge in [-0.3, -0.25) is 15.1 Å². The molecule has 1 aromatic carbocycles. The van der Waals surface area contributed by atoms with Crippen molar-refractivity contribution in [1.82, 2.24) is 15.3 Å². The van der Waals surface area contributed by atoms with Crippen molar-refractivity contribution >= 4 is 34.8 Å². The maximum absolute atomic E-state index is 11.7. The van der Waals surface area contributed by atoms with E-state index in [-0.39, 0.29) is 12.5 Å². The standard InChI is InChI=1S/C21H32Cl2N4O2/c1-2-29-16-20(28)24-27-10-7-17(8-11-27)6-9-25-12-14-26(15-13-25)19-5-3-4-18(22)21(19)23/h3-5,17H,2,6-16H2,1H3,(H,24,28). The van der Waals surface area contributed by atoms with Gasteiger partial charge in [0.05, 0.1) is 15.7 Å². The fraction of sp³-hybridized carbons (Fsp3) is 0.667. The Morgan fingerprint density at radius 2 is 1.86 bits per heavy atom. The van der Waals surface area contributed by atoms with Gasteiger partial charge < -0.3 is 9.64 Å². The zero-order valence-electron chi connectivity index (χ0n) is 17.2. The van der Waals surface area contributed by atoms with Crippen molar-refractivity contribution < 1.29 is 9.53 Å². The highest BCUT2D eigenvalue weighted by atomic mass is 35.5. The number of hydrogen-bond acceptors (Lipinski definition) is 5. The van der Waals surface area contributed by atoms with E-state index in [0.29, 0.717) is 16.7 Å². The number of piperidine rings is 1. The Hall–Kier alpha value is -1.05. The van der Waals surface area contributed by atoms with Crippen LogP contribution < -0.4 is 10.3 Å². The predicted octanol–water partition coefficient (Wildman–Crippen LogP) is 3.29. The van der Waals surface area contributed by atoms with Gasteiger partial charge in [-0.05, 0) is 50.8 Å². The quantitative estimate of drug-likeness (QED) is 0.669. The van der Waals surface area contributed by atoms with Crippen molar-refractivity contribution in [2.24, 2.45) is 5.92 Å². The summed E-state index contributed by atoms with van der Waals surface area (Å²) in [5.74, 6) is 0.679. The van der Waals surface area contributed by atoms with E-state index in [9.17, 15) is 4.79 Å². The lowest BCUT2D eigenvalue weighted by atomic mass is 9.94. The van der Waals surface area contributed by atoms with Crippen molar-refractivity contribution in [2.75, 3.05) is 63.9 Å². The third kappa shape index (κ3) is 6.72.